The lowest BCUT2D eigenvalue weighted by atomic mass is 9.79. The van der Waals surface area contributed by atoms with Gasteiger partial charge in [0.2, 0.25) is 0 Å². The van der Waals surface area contributed by atoms with Gasteiger partial charge in [-0.1, -0.05) is 44.1 Å². The molecule has 0 spiro atoms. The zero-order valence-corrected chi connectivity index (χ0v) is 15.5. The van der Waals surface area contributed by atoms with Crippen LogP contribution in [0, 0.1) is 11.3 Å². The molecule has 25 heavy (non-hydrogen) atoms. The zero-order chi connectivity index (χ0) is 18.0. The normalized spacial score (nSPS) is 23.3. The molecule has 0 aromatic heterocycles. The SMILES string of the molecule is CC(C)C1=C2CCC(COC(=O)c3cccc(O)c3)=CC[C@@]2(C)CC1. The van der Waals surface area contributed by atoms with Crippen LogP contribution in [0.5, 0.6) is 5.75 Å². The standard InChI is InChI=1S/C22H28O3/c1-15(2)19-10-12-22(3)11-9-16(7-8-20(19)22)14-25-21(24)17-5-4-6-18(23)13-17/h4-6,9,13,15,23H,7-8,10-12,14H2,1-3H3/t22-/m0/s1. The highest BCUT2D eigenvalue weighted by atomic mass is 16.5. The first kappa shape index (κ1) is 17.8. The fourth-order valence-corrected chi connectivity index (χ4v) is 4.19. The Hall–Kier alpha value is -2.03. The van der Waals surface area contributed by atoms with Gasteiger partial charge in [0.05, 0.1) is 5.56 Å². The summed E-state index contributed by atoms with van der Waals surface area (Å²) >= 11 is 0. The van der Waals surface area contributed by atoms with Crippen LogP contribution in [-0.2, 0) is 4.74 Å². The molecule has 1 N–H and O–H groups in total. The molecule has 134 valence electrons. The predicted molar refractivity (Wildman–Crippen MR) is 99.5 cm³/mol. The van der Waals surface area contributed by atoms with Crippen LogP contribution < -0.4 is 0 Å². The Bertz CT molecular complexity index is 727. The number of aromatic hydroxyl groups is 1. The number of allylic oxidation sites excluding steroid dienone is 3. The van der Waals surface area contributed by atoms with Crippen LogP contribution in [0.15, 0.2) is 47.1 Å². The molecule has 0 amide bonds. The van der Waals surface area contributed by atoms with Crippen molar-refractivity contribution in [1.82, 2.24) is 0 Å². The second kappa shape index (κ2) is 7.07. The van der Waals surface area contributed by atoms with Crippen molar-refractivity contribution in [1.29, 1.82) is 0 Å². The molecule has 0 heterocycles. The third-order valence-corrected chi connectivity index (χ3v) is 5.77. The number of carbonyl (C=O) groups is 1. The van der Waals surface area contributed by atoms with E-state index in [0.717, 1.165) is 19.3 Å². The summed E-state index contributed by atoms with van der Waals surface area (Å²) in [5.74, 6) is 0.327. The lowest BCUT2D eigenvalue weighted by Crippen LogP contribution is -2.14. The van der Waals surface area contributed by atoms with E-state index in [9.17, 15) is 9.90 Å². The van der Waals surface area contributed by atoms with Crippen molar-refractivity contribution in [3.05, 3.63) is 52.6 Å². The first-order valence-corrected chi connectivity index (χ1v) is 9.25. The van der Waals surface area contributed by atoms with Crippen molar-refractivity contribution >= 4 is 5.97 Å². The summed E-state index contributed by atoms with van der Waals surface area (Å²) < 4.78 is 5.47. The molecule has 2 aliphatic carbocycles. The van der Waals surface area contributed by atoms with Gasteiger partial charge in [-0.3, -0.25) is 0 Å². The van der Waals surface area contributed by atoms with Crippen LogP contribution in [0.4, 0.5) is 0 Å². The molecule has 0 saturated carbocycles. The van der Waals surface area contributed by atoms with Crippen LogP contribution in [0.2, 0.25) is 0 Å². The van der Waals surface area contributed by atoms with Gasteiger partial charge in [0, 0.05) is 0 Å². The molecular weight excluding hydrogens is 312 g/mol. The van der Waals surface area contributed by atoms with E-state index >= 15 is 0 Å². The van der Waals surface area contributed by atoms with Crippen molar-refractivity contribution in [2.75, 3.05) is 6.61 Å². The molecule has 0 saturated heterocycles. The van der Waals surface area contributed by atoms with Gasteiger partial charge in [-0.25, -0.2) is 4.79 Å². The van der Waals surface area contributed by atoms with Crippen LogP contribution in [0.1, 0.15) is 63.2 Å². The van der Waals surface area contributed by atoms with E-state index in [-0.39, 0.29) is 17.1 Å². The molecule has 0 radical (unpaired) electrons. The number of hydrogen-bond acceptors (Lipinski definition) is 3. The minimum Gasteiger partial charge on any atom is -0.508 e. The summed E-state index contributed by atoms with van der Waals surface area (Å²) in [6, 6.07) is 6.30. The highest BCUT2D eigenvalue weighted by molar-refractivity contribution is 5.89. The van der Waals surface area contributed by atoms with Crippen LogP contribution in [0.3, 0.4) is 0 Å². The molecule has 3 heteroatoms. The Morgan fingerprint density at radius 2 is 2.08 bits per heavy atom. The van der Waals surface area contributed by atoms with Crippen LogP contribution in [-0.4, -0.2) is 17.7 Å². The zero-order valence-electron chi connectivity index (χ0n) is 15.5. The molecule has 3 rings (SSSR count). The van der Waals surface area contributed by atoms with Crippen molar-refractivity contribution in [3.8, 4) is 5.75 Å². The summed E-state index contributed by atoms with van der Waals surface area (Å²) in [7, 11) is 0. The topological polar surface area (TPSA) is 46.5 Å². The van der Waals surface area contributed by atoms with Crippen LogP contribution >= 0.6 is 0 Å². The summed E-state index contributed by atoms with van der Waals surface area (Å²) in [5, 5.41) is 9.48. The molecule has 1 atom stereocenters. The molecule has 0 aliphatic heterocycles. The fraction of sp³-hybridized carbons (Fsp3) is 0.500. The van der Waals surface area contributed by atoms with Gasteiger partial charge in [-0.15, -0.1) is 0 Å². The maximum Gasteiger partial charge on any atom is 0.338 e. The summed E-state index contributed by atoms with van der Waals surface area (Å²) in [6.45, 7) is 7.32. The molecule has 3 nitrogen and oxygen atoms in total. The Kier molecular flexibility index (Phi) is 5.03. The number of phenolic OH excluding ortho intramolecular Hbond substituents is 1. The van der Waals surface area contributed by atoms with Gasteiger partial charge in [-0.2, -0.15) is 0 Å². The average molecular weight is 340 g/mol. The first-order valence-electron chi connectivity index (χ1n) is 9.25. The van der Waals surface area contributed by atoms with Crippen molar-refractivity contribution in [2.24, 2.45) is 11.3 Å². The van der Waals surface area contributed by atoms with E-state index in [1.807, 2.05) is 0 Å². The summed E-state index contributed by atoms with van der Waals surface area (Å²) in [6.07, 6.45) is 7.85. The van der Waals surface area contributed by atoms with Gasteiger partial charge >= 0.3 is 5.97 Å². The maximum atomic E-state index is 12.2. The predicted octanol–water partition coefficient (Wildman–Crippen LogP) is 5.41. The number of fused-ring (bicyclic) bond motifs is 1. The van der Waals surface area contributed by atoms with E-state index in [2.05, 4.69) is 26.8 Å². The number of carbonyl (C=O) groups excluding carboxylic acids is 1. The highest BCUT2D eigenvalue weighted by Gasteiger charge is 2.37. The molecule has 0 fully saturated rings. The smallest absolute Gasteiger partial charge is 0.338 e. The van der Waals surface area contributed by atoms with E-state index in [1.54, 1.807) is 29.3 Å². The number of benzene rings is 1. The fourth-order valence-electron chi connectivity index (χ4n) is 4.19. The van der Waals surface area contributed by atoms with E-state index in [4.69, 9.17) is 4.74 Å². The number of rotatable bonds is 4. The average Bonchev–Trinajstić information content (AvgIpc) is 2.82. The molecular formula is C22H28O3. The van der Waals surface area contributed by atoms with Gasteiger partial charge in [-0.05, 0) is 67.2 Å². The number of phenols is 1. The van der Waals surface area contributed by atoms with Gasteiger partial charge in [0.1, 0.15) is 12.4 Å². The third-order valence-electron chi connectivity index (χ3n) is 5.77. The second-order valence-electron chi connectivity index (χ2n) is 7.91. The van der Waals surface area contributed by atoms with Crippen molar-refractivity contribution in [2.45, 2.75) is 52.9 Å². The van der Waals surface area contributed by atoms with E-state index in [1.165, 1.54) is 24.5 Å². The quantitative estimate of drug-likeness (QED) is 0.588. The summed E-state index contributed by atoms with van der Waals surface area (Å²) in [5.41, 5.74) is 5.18. The Labute approximate surface area is 150 Å². The lowest BCUT2D eigenvalue weighted by Gasteiger charge is -2.26. The molecule has 1 aromatic rings. The first-order chi connectivity index (χ1) is 11.9. The van der Waals surface area contributed by atoms with Gasteiger partial charge < -0.3 is 9.84 Å². The van der Waals surface area contributed by atoms with Crippen LogP contribution in [0.25, 0.3) is 0 Å². The Morgan fingerprint density at radius 1 is 1.28 bits per heavy atom. The minimum absolute atomic E-state index is 0.0806. The monoisotopic (exact) mass is 340 g/mol. The van der Waals surface area contributed by atoms with Gasteiger partial charge in [0.25, 0.3) is 0 Å². The number of esters is 1. The Balaban J connectivity index is 1.65. The number of ether oxygens (including phenoxy) is 1. The summed E-state index contributed by atoms with van der Waals surface area (Å²) in [4.78, 5) is 12.2. The maximum absolute atomic E-state index is 12.2. The molecule has 1 aromatic carbocycles. The molecule has 0 unspecified atom stereocenters. The van der Waals surface area contributed by atoms with E-state index < -0.39 is 0 Å². The highest BCUT2D eigenvalue weighted by Crippen LogP contribution is 2.51. The minimum atomic E-state index is -0.380. The largest absolute Gasteiger partial charge is 0.508 e. The number of hydrogen-bond donors (Lipinski definition) is 1. The third kappa shape index (κ3) is 3.81. The molecule has 0 bridgehead atoms. The van der Waals surface area contributed by atoms with E-state index in [0.29, 0.717) is 18.1 Å². The van der Waals surface area contributed by atoms with Crippen molar-refractivity contribution in [3.63, 3.8) is 0 Å². The second-order valence-corrected chi connectivity index (χ2v) is 7.91. The molecule has 2 aliphatic rings. The van der Waals surface area contributed by atoms with Crippen molar-refractivity contribution < 1.29 is 14.6 Å². The lowest BCUT2D eigenvalue weighted by molar-refractivity contribution is 0.0537. The van der Waals surface area contributed by atoms with Gasteiger partial charge in [0.15, 0.2) is 0 Å². The Morgan fingerprint density at radius 3 is 2.80 bits per heavy atom.